The Morgan fingerprint density at radius 2 is 1.77 bits per heavy atom. The van der Waals surface area contributed by atoms with Gasteiger partial charge in [0.25, 0.3) is 0 Å². The lowest BCUT2D eigenvalue weighted by Gasteiger charge is -2.07. The molecule has 2 aromatic carbocycles. The Morgan fingerprint density at radius 1 is 1.08 bits per heavy atom. The summed E-state index contributed by atoms with van der Waals surface area (Å²) in [4.78, 5) is 24.3. The summed E-state index contributed by atoms with van der Waals surface area (Å²) in [7, 11) is 0. The lowest BCUT2D eigenvalue weighted by molar-refractivity contribution is -0.125. The molecule has 1 aliphatic rings. The molecule has 3 rings (SSSR count). The fourth-order valence-electron chi connectivity index (χ4n) is 2.79. The number of benzene rings is 2. The number of anilines is 1. The SMILES string of the molecule is N#Cc1ccc(NC(=O)C2CC2C(=O)NCCc2ccccc2F)cc1. The molecule has 2 N–H and O–H groups in total. The zero-order chi connectivity index (χ0) is 18.5. The standard InChI is InChI=1S/C20H18FN3O2/c21-18-4-2-1-3-14(18)9-10-23-19(25)16-11-17(16)20(26)24-15-7-5-13(12-22)6-8-15/h1-8,16-17H,9-11H2,(H,23,25)(H,24,26). The van der Waals surface area contributed by atoms with Crippen LogP contribution in [0.3, 0.4) is 0 Å². The second-order valence-electron chi connectivity index (χ2n) is 6.26. The van der Waals surface area contributed by atoms with Crippen molar-refractivity contribution in [1.29, 1.82) is 5.26 Å². The van der Waals surface area contributed by atoms with E-state index < -0.39 is 0 Å². The highest BCUT2D eigenvalue weighted by atomic mass is 19.1. The van der Waals surface area contributed by atoms with Crippen molar-refractivity contribution in [3.8, 4) is 6.07 Å². The number of rotatable bonds is 6. The molecule has 0 spiro atoms. The second-order valence-corrected chi connectivity index (χ2v) is 6.26. The van der Waals surface area contributed by atoms with Crippen molar-refractivity contribution in [2.45, 2.75) is 12.8 Å². The Morgan fingerprint density at radius 3 is 2.46 bits per heavy atom. The molecule has 5 nitrogen and oxygen atoms in total. The van der Waals surface area contributed by atoms with E-state index in [-0.39, 0.29) is 29.5 Å². The zero-order valence-corrected chi connectivity index (χ0v) is 14.0. The zero-order valence-electron chi connectivity index (χ0n) is 14.0. The first-order valence-electron chi connectivity index (χ1n) is 8.40. The summed E-state index contributed by atoms with van der Waals surface area (Å²) in [5, 5.41) is 14.3. The van der Waals surface area contributed by atoms with Crippen LogP contribution in [0.1, 0.15) is 17.5 Å². The quantitative estimate of drug-likeness (QED) is 0.839. The molecule has 1 fully saturated rings. The van der Waals surface area contributed by atoms with E-state index in [1.165, 1.54) is 6.07 Å². The molecule has 0 saturated heterocycles. The number of carbonyl (C=O) groups excluding carboxylic acids is 2. The maximum atomic E-state index is 13.5. The molecule has 1 saturated carbocycles. The van der Waals surface area contributed by atoms with Gasteiger partial charge in [0, 0.05) is 12.2 Å². The van der Waals surface area contributed by atoms with Gasteiger partial charge in [-0.25, -0.2) is 4.39 Å². The molecule has 2 amide bonds. The van der Waals surface area contributed by atoms with E-state index in [2.05, 4.69) is 10.6 Å². The smallest absolute Gasteiger partial charge is 0.228 e. The highest BCUT2D eigenvalue weighted by Gasteiger charge is 2.47. The molecule has 0 aromatic heterocycles. The van der Waals surface area contributed by atoms with Gasteiger partial charge in [-0.15, -0.1) is 0 Å². The minimum atomic E-state index is -0.348. The van der Waals surface area contributed by atoms with Crippen LogP contribution in [0.2, 0.25) is 0 Å². The largest absolute Gasteiger partial charge is 0.356 e. The molecule has 1 aliphatic carbocycles. The average molecular weight is 351 g/mol. The van der Waals surface area contributed by atoms with E-state index in [4.69, 9.17) is 5.26 Å². The first-order chi connectivity index (χ1) is 12.6. The summed E-state index contributed by atoms with van der Waals surface area (Å²) in [6.07, 6.45) is 0.918. The molecular weight excluding hydrogens is 333 g/mol. The Kier molecular flexibility index (Phi) is 5.28. The molecule has 26 heavy (non-hydrogen) atoms. The van der Waals surface area contributed by atoms with Crippen molar-refractivity contribution in [2.24, 2.45) is 11.8 Å². The maximum absolute atomic E-state index is 13.5. The molecular formula is C20H18FN3O2. The Hall–Kier alpha value is -3.20. The normalized spacial score (nSPS) is 17.8. The van der Waals surface area contributed by atoms with Crippen LogP contribution >= 0.6 is 0 Å². The van der Waals surface area contributed by atoms with E-state index >= 15 is 0 Å². The van der Waals surface area contributed by atoms with Crippen LogP contribution in [0.25, 0.3) is 0 Å². The van der Waals surface area contributed by atoms with Crippen molar-refractivity contribution < 1.29 is 14.0 Å². The third-order valence-corrected chi connectivity index (χ3v) is 4.40. The third kappa shape index (κ3) is 4.25. The lowest BCUT2D eigenvalue weighted by atomic mass is 10.1. The van der Waals surface area contributed by atoms with Crippen LogP contribution in [0.15, 0.2) is 48.5 Å². The van der Waals surface area contributed by atoms with E-state index in [0.717, 1.165) is 0 Å². The monoisotopic (exact) mass is 351 g/mol. The van der Waals surface area contributed by atoms with Crippen LogP contribution in [-0.4, -0.2) is 18.4 Å². The number of hydrogen-bond donors (Lipinski definition) is 2. The topological polar surface area (TPSA) is 82.0 Å². The summed E-state index contributed by atoms with van der Waals surface area (Å²) in [5.41, 5.74) is 1.67. The molecule has 0 aliphatic heterocycles. The van der Waals surface area contributed by atoms with E-state index in [9.17, 15) is 14.0 Å². The van der Waals surface area contributed by atoms with Crippen molar-refractivity contribution in [2.75, 3.05) is 11.9 Å². The van der Waals surface area contributed by atoms with Gasteiger partial charge in [0.1, 0.15) is 5.82 Å². The minimum absolute atomic E-state index is 0.179. The molecule has 6 heteroatoms. The third-order valence-electron chi connectivity index (χ3n) is 4.40. The van der Waals surface area contributed by atoms with Crippen LogP contribution in [0.5, 0.6) is 0 Å². The summed E-state index contributed by atoms with van der Waals surface area (Å²) in [6.45, 7) is 0.334. The molecule has 0 heterocycles. The number of halogens is 1. The van der Waals surface area contributed by atoms with Crippen molar-refractivity contribution >= 4 is 17.5 Å². The Balaban J connectivity index is 1.43. The molecule has 0 bridgehead atoms. The van der Waals surface area contributed by atoms with Gasteiger partial charge in [-0.05, 0) is 48.7 Å². The number of nitrogens with one attached hydrogen (secondary N) is 2. The predicted molar refractivity (Wildman–Crippen MR) is 94.5 cm³/mol. The molecule has 132 valence electrons. The van der Waals surface area contributed by atoms with Crippen LogP contribution in [0.4, 0.5) is 10.1 Å². The molecule has 2 atom stereocenters. The molecule has 0 radical (unpaired) electrons. The van der Waals surface area contributed by atoms with Gasteiger partial charge in [0.2, 0.25) is 11.8 Å². The van der Waals surface area contributed by atoms with Gasteiger partial charge in [-0.2, -0.15) is 5.26 Å². The van der Waals surface area contributed by atoms with E-state index in [1.54, 1.807) is 42.5 Å². The van der Waals surface area contributed by atoms with Crippen LogP contribution < -0.4 is 10.6 Å². The lowest BCUT2D eigenvalue weighted by Crippen LogP contribution is -2.29. The first-order valence-corrected chi connectivity index (χ1v) is 8.40. The fraction of sp³-hybridized carbons (Fsp3) is 0.250. The van der Waals surface area contributed by atoms with Crippen molar-refractivity contribution in [3.63, 3.8) is 0 Å². The molecule has 2 unspecified atom stereocenters. The average Bonchev–Trinajstić information content (AvgIpc) is 3.45. The van der Waals surface area contributed by atoms with Crippen LogP contribution in [0, 0.1) is 29.0 Å². The van der Waals surface area contributed by atoms with Gasteiger partial charge in [0.05, 0.1) is 23.5 Å². The number of nitrogens with zero attached hydrogens (tertiary/aromatic N) is 1. The van der Waals surface area contributed by atoms with Gasteiger partial charge in [-0.3, -0.25) is 9.59 Å². The van der Waals surface area contributed by atoms with Gasteiger partial charge >= 0.3 is 0 Å². The highest BCUT2D eigenvalue weighted by Crippen LogP contribution is 2.39. The number of nitriles is 1. The predicted octanol–water partition coefficient (Wildman–Crippen LogP) is 2.63. The van der Waals surface area contributed by atoms with Gasteiger partial charge in [0.15, 0.2) is 0 Å². The Labute approximate surface area is 150 Å². The van der Waals surface area contributed by atoms with Gasteiger partial charge in [-0.1, -0.05) is 18.2 Å². The van der Waals surface area contributed by atoms with Crippen LogP contribution in [-0.2, 0) is 16.0 Å². The summed E-state index contributed by atoms with van der Waals surface area (Å²) < 4.78 is 13.5. The number of amides is 2. The highest BCUT2D eigenvalue weighted by molar-refractivity contribution is 5.99. The first kappa shape index (κ1) is 17.6. The van der Waals surface area contributed by atoms with Crippen molar-refractivity contribution in [1.82, 2.24) is 5.32 Å². The summed E-state index contributed by atoms with van der Waals surface area (Å²) in [5.74, 6) is -1.36. The minimum Gasteiger partial charge on any atom is -0.356 e. The van der Waals surface area contributed by atoms with Gasteiger partial charge < -0.3 is 10.6 Å². The van der Waals surface area contributed by atoms with E-state index in [0.29, 0.717) is 36.2 Å². The van der Waals surface area contributed by atoms with Crippen molar-refractivity contribution in [3.05, 3.63) is 65.5 Å². The fourth-order valence-corrected chi connectivity index (χ4v) is 2.79. The number of hydrogen-bond acceptors (Lipinski definition) is 3. The second kappa shape index (κ2) is 7.79. The van der Waals surface area contributed by atoms with E-state index in [1.807, 2.05) is 6.07 Å². The maximum Gasteiger partial charge on any atom is 0.228 e. The summed E-state index contributed by atoms with van der Waals surface area (Å²) >= 11 is 0. The molecule has 2 aromatic rings. The summed E-state index contributed by atoms with van der Waals surface area (Å²) in [6, 6.07) is 15.0. The Bertz CT molecular complexity index is 858. The number of carbonyl (C=O) groups is 2.